The van der Waals surface area contributed by atoms with E-state index in [1.807, 2.05) is 13.8 Å². The minimum absolute atomic E-state index is 0.00686. The Labute approximate surface area is 94.0 Å². The van der Waals surface area contributed by atoms with Gasteiger partial charge in [-0.05, 0) is 13.8 Å². The van der Waals surface area contributed by atoms with Gasteiger partial charge in [0.1, 0.15) is 6.04 Å². The number of amides is 1. The number of aliphatic carboxylic acids is 1. The van der Waals surface area contributed by atoms with Gasteiger partial charge < -0.3 is 15.7 Å². The Balaban J connectivity index is 3.78. The summed E-state index contributed by atoms with van der Waals surface area (Å²) in [5.41, 5.74) is 5.29. The quantitative estimate of drug-likeness (QED) is 0.676. The second kappa shape index (κ2) is 6.68. The van der Waals surface area contributed by atoms with Crippen LogP contribution in [0, 0.1) is 0 Å². The van der Waals surface area contributed by atoms with E-state index < -0.39 is 12.0 Å². The number of carboxylic acids is 1. The van der Waals surface area contributed by atoms with Crippen molar-refractivity contribution in [2.45, 2.75) is 25.9 Å². The monoisotopic (exact) mass is 234 g/mol. The van der Waals surface area contributed by atoms with Crippen molar-refractivity contribution in [2.24, 2.45) is 5.73 Å². The summed E-state index contributed by atoms with van der Waals surface area (Å²) in [7, 11) is 1.73. The number of carbonyl (C=O) groups excluding carboxylic acids is 1. The predicted octanol–water partition coefficient (Wildman–Crippen LogP) is -0.00170. The molecule has 0 unspecified atom stereocenters. The summed E-state index contributed by atoms with van der Waals surface area (Å²) >= 11 is 1.25. The summed E-state index contributed by atoms with van der Waals surface area (Å²) < 4.78 is 0. The summed E-state index contributed by atoms with van der Waals surface area (Å²) in [5.74, 6) is -0.511. The first kappa shape index (κ1) is 14.2. The van der Waals surface area contributed by atoms with Gasteiger partial charge >= 0.3 is 5.97 Å². The van der Waals surface area contributed by atoms with E-state index in [4.69, 9.17) is 10.8 Å². The van der Waals surface area contributed by atoms with Crippen LogP contribution in [-0.2, 0) is 9.59 Å². The molecule has 0 saturated carbocycles. The predicted molar refractivity (Wildman–Crippen MR) is 60.8 cm³/mol. The molecule has 0 aliphatic carbocycles. The van der Waals surface area contributed by atoms with Crippen molar-refractivity contribution in [3.05, 3.63) is 0 Å². The number of nitrogens with two attached hydrogens (primary N) is 1. The molecule has 1 atom stereocenters. The third-order valence-corrected chi connectivity index (χ3v) is 3.05. The number of hydrogen-bond acceptors (Lipinski definition) is 4. The van der Waals surface area contributed by atoms with E-state index in [9.17, 15) is 9.59 Å². The smallest absolute Gasteiger partial charge is 0.321 e. The van der Waals surface area contributed by atoms with Crippen LogP contribution in [0.1, 0.15) is 13.8 Å². The van der Waals surface area contributed by atoms with Crippen molar-refractivity contribution in [3.8, 4) is 0 Å². The molecule has 0 fully saturated rings. The largest absolute Gasteiger partial charge is 0.480 e. The lowest BCUT2D eigenvalue weighted by Gasteiger charge is -2.21. The maximum Gasteiger partial charge on any atom is 0.321 e. The van der Waals surface area contributed by atoms with Crippen LogP contribution in [0.4, 0.5) is 0 Å². The van der Waals surface area contributed by atoms with Crippen molar-refractivity contribution >= 4 is 23.6 Å². The molecule has 0 saturated heterocycles. The van der Waals surface area contributed by atoms with Crippen LogP contribution in [0.25, 0.3) is 0 Å². The van der Waals surface area contributed by atoms with Crippen molar-refractivity contribution in [1.29, 1.82) is 0 Å². The van der Waals surface area contributed by atoms with Crippen LogP contribution in [-0.4, -0.2) is 52.5 Å². The third kappa shape index (κ3) is 5.64. The fourth-order valence-electron chi connectivity index (χ4n) is 0.734. The van der Waals surface area contributed by atoms with Gasteiger partial charge in [0.25, 0.3) is 0 Å². The molecule has 0 bridgehead atoms. The summed E-state index contributed by atoms with van der Waals surface area (Å²) in [4.78, 5) is 23.5. The minimum atomic E-state index is -1.04. The van der Waals surface area contributed by atoms with Crippen molar-refractivity contribution in [3.63, 3.8) is 0 Å². The maximum absolute atomic E-state index is 11.5. The van der Waals surface area contributed by atoms with E-state index in [0.29, 0.717) is 0 Å². The lowest BCUT2D eigenvalue weighted by atomic mass is 10.3. The second-order valence-electron chi connectivity index (χ2n) is 3.56. The highest BCUT2D eigenvalue weighted by atomic mass is 32.2. The van der Waals surface area contributed by atoms with Gasteiger partial charge in [-0.1, -0.05) is 0 Å². The normalized spacial score (nSPS) is 12.6. The van der Waals surface area contributed by atoms with Crippen LogP contribution in [0.2, 0.25) is 0 Å². The van der Waals surface area contributed by atoms with E-state index in [2.05, 4.69) is 0 Å². The van der Waals surface area contributed by atoms with Gasteiger partial charge in [0.2, 0.25) is 5.91 Å². The van der Waals surface area contributed by atoms with Gasteiger partial charge in [0.05, 0.1) is 5.75 Å². The molecule has 0 radical (unpaired) electrons. The zero-order valence-corrected chi connectivity index (χ0v) is 10.1. The van der Waals surface area contributed by atoms with Crippen molar-refractivity contribution in [2.75, 3.05) is 18.6 Å². The van der Waals surface area contributed by atoms with Crippen LogP contribution >= 0.6 is 11.8 Å². The van der Waals surface area contributed by atoms with Crippen LogP contribution in [0.3, 0.4) is 0 Å². The fourth-order valence-corrected chi connectivity index (χ4v) is 1.63. The molecule has 0 aromatic carbocycles. The standard InChI is InChI=1S/C9H18N2O3S/c1-6(2)11(3)8(12)5-15-4-7(10)9(13)14/h6-7H,4-5,10H2,1-3H3,(H,13,14)/t7-/m1/s1. The Morgan fingerprint density at radius 1 is 1.47 bits per heavy atom. The molecule has 0 spiro atoms. The van der Waals surface area contributed by atoms with Crippen LogP contribution < -0.4 is 5.73 Å². The van der Waals surface area contributed by atoms with Gasteiger partial charge in [-0.15, -0.1) is 11.8 Å². The molecular weight excluding hydrogens is 216 g/mol. The zero-order valence-electron chi connectivity index (χ0n) is 9.27. The van der Waals surface area contributed by atoms with E-state index in [0.717, 1.165) is 0 Å². The van der Waals surface area contributed by atoms with Crippen molar-refractivity contribution in [1.82, 2.24) is 4.90 Å². The van der Waals surface area contributed by atoms with Gasteiger partial charge in [0, 0.05) is 18.8 Å². The topological polar surface area (TPSA) is 83.6 Å². The molecule has 0 aliphatic heterocycles. The second-order valence-corrected chi connectivity index (χ2v) is 4.59. The Bertz CT molecular complexity index is 233. The molecule has 0 heterocycles. The molecule has 0 aliphatic rings. The number of thioether (sulfide) groups is 1. The van der Waals surface area contributed by atoms with Gasteiger partial charge in [-0.25, -0.2) is 0 Å². The Morgan fingerprint density at radius 2 is 2.00 bits per heavy atom. The summed E-state index contributed by atoms with van der Waals surface area (Å²) in [6.45, 7) is 3.84. The van der Waals surface area contributed by atoms with Gasteiger partial charge in [-0.3, -0.25) is 9.59 Å². The molecule has 0 aromatic rings. The average Bonchev–Trinajstić information content (AvgIpc) is 2.15. The lowest BCUT2D eigenvalue weighted by Crippen LogP contribution is -2.36. The molecule has 1 amide bonds. The van der Waals surface area contributed by atoms with E-state index >= 15 is 0 Å². The average molecular weight is 234 g/mol. The number of carbonyl (C=O) groups is 2. The molecule has 15 heavy (non-hydrogen) atoms. The first-order chi connectivity index (χ1) is 6.86. The first-order valence-electron chi connectivity index (χ1n) is 4.68. The van der Waals surface area contributed by atoms with E-state index in [1.54, 1.807) is 11.9 Å². The molecule has 0 aromatic heterocycles. The molecule has 5 nitrogen and oxygen atoms in total. The number of rotatable bonds is 6. The lowest BCUT2D eigenvalue weighted by molar-refractivity contribution is -0.138. The SMILES string of the molecule is CC(C)N(C)C(=O)CSC[C@@H](N)C(=O)O. The zero-order chi connectivity index (χ0) is 12.0. The molecule has 6 heteroatoms. The number of nitrogens with zero attached hydrogens (tertiary/aromatic N) is 1. The Morgan fingerprint density at radius 3 is 2.40 bits per heavy atom. The minimum Gasteiger partial charge on any atom is -0.480 e. The Kier molecular flexibility index (Phi) is 6.35. The number of hydrogen-bond donors (Lipinski definition) is 2. The Hall–Kier alpha value is -0.750. The molecule has 0 rings (SSSR count). The summed E-state index contributed by atoms with van der Waals surface area (Å²) in [6.07, 6.45) is 0. The first-order valence-corrected chi connectivity index (χ1v) is 5.83. The summed E-state index contributed by atoms with van der Waals surface area (Å²) in [6, 6.07) is -0.738. The van der Waals surface area contributed by atoms with Crippen LogP contribution in [0.5, 0.6) is 0 Å². The highest BCUT2D eigenvalue weighted by Gasteiger charge is 2.15. The third-order valence-electron chi connectivity index (χ3n) is 2.01. The molecule has 3 N–H and O–H groups in total. The van der Waals surface area contributed by atoms with Gasteiger partial charge in [-0.2, -0.15) is 0 Å². The van der Waals surface area contributed by atoms with E-state index in [1.165, 1.54) is 11.8 Å². The highest BCUT2D eigenvalue weighted by Crippen LogP contribution is 2.05. The fraction of sp³-hybridized carbons (Fsp3) is 0.778. The van der Waals surface area contributed by atoms with Gasteiger partial charge in [0.15, 0.2) is 0 Å². The molecular formula is C9H18N2O3S. The van der Waals surface area contributed by atoms with E-state index in [-0.39, 0.29) is 23.5 Å². The molecule has 88 valence electrons. The van der Waals surface area contributed by atoms with Crippen LogP contribution in [0.15, 0.2) is 0 Å². The maximum atomic E-state index is 11.5. The highest BCUT2D eigenvalue weighted by molar-refractivity contribution is 8.00. The van der Waals surface area contributed by atoms with Crippen molar-refractivity contribution < 1.29 is 14.7 Å². The number of carboxylic acid groups (broad SMARTS) is 1. The summed E-state index contributed by atoms with van der Waals surface area (Å²) in [5, 5.41) is 8.51.